The molecule has 86 valence electrons. The number of nitrogens with two attached hydrogens (primary N) is 1. The number of para-hydroxylation sites is 1. The number of benzene rings is 1. The largest absolute Gasteiger partial charge is 0.398 e. The first-order valence-corrected chi connectivity index (χ1v) is 6.46. The molecule has 2 unspecified atom stereocenters. The van der Waals surface area contributed by atoms with Crippen molar-refractivity contribution in [2.24, 2.45) is 0 Å². The van der Waals surface area contributed by atoms with Crippen LogP contribution in [0.2, 0.25) is 5.31 Å². The lowest BCUT2D eigenvalue weighted by atomic mass is 9.57. The third-order valence-corrected chi connectivity index (χ3v) is 4.13. The van der Waals surface area contributed by atoms with Crippen molar-refractivity contribution in [1.29, 1.82) is 0 Å². The Labute approximate surface area is 99.8 Å². The maximum absolute atomic E-state index is 6.12. The minimum atomic E-state index is 0.395. The summed E-state index contributed by atoms with van der Waals surface area (Å²) in [6.07, 6.45) is 6.72. The Hall–Kier alpha value is -0.915. The third-order valence-electron chi connectivity index (χ3n) is 4.13. The molecule has 1 aromatic rings. The maximum Gasteiger partial charge on any atom is 0.109 e. The molecule has 0 aliphatic heterocycles. The van der Waals surface area contributed by atoms with E-state index >= 15 is 0 Å². The summed E-state index contributed by atoms with van der Waals surface area (Å²) in [7, 11) is 2.40. The Balaban J connectivity index is 2.33. The highest BCUT2D eigenvalue weighted by atomic mass is 14.6. The fourth-order valence-electron chi connectivity index (χ4n) is 3.08. The van der Waals surface area contributed by atoms with E-state index in [1.807, 2.05) is 12.1 Å². The van der Waals surface area contributed by atoms with Gasteiger partial charge in [0.25, 0.3) is 0 Å². The lowest BCUT2D eigenvalue weighted by Crippen LogP contribution is -2.19. The predicted molar refractivity (Wildman–Crippen MR) is 73.6 cm³/mol. The molecule has 2 rings (SSSR count). The van der Waals surface area contributed by atoms with Gasteiger partial charge < -0.3 is 5.73 Å². The average Bonchev–Trinajstić information content (AvgIpc) is 2.40. The molecule has 16 heavy (non-hydrogen) atoms. The van der Waals surface area contributed by atoms with Crippen LogP contribution in [0.5, 0.6) is 0 Å². The fraction of sp³-hybridized carbons (Fsp3) is 0.571. The molecule has 1 fully saturated rings. The first kappa shape index (κ1) is 11.6. The normalized spacial score (nSPS) is 30.9. The average molecular weight is 215 g/mol. The third kappa shape index (κ3) is 2.26. The summed E-state index contributed by atoms with van der Waals surface area (Å²) in [5.41, 5.74) is 8.47. The van der Waals surface area contributed by atoms with E-state index in [-0.39, 0.29) is 0 Å². The van der Waals surface area contributed by atoms with Crippen LogP contribution in [0.15, 0.2) is 24.3 Å². The van der Waals surface area contributed by atoms with Gasteiger partial charge in [0, 0.05) is 5.69 Å². The highest BCUT2D eigenvalue weighted by Crippen LogP contribution is 2.50. The summed E-state index contributed by atoms with van der Waals surface area (Å²) < 4.78 is 0. The molecular weight excluding hydrogens is 193 g/mol. The van der Waals surface area contributed by atoms with Gasteiger partial charge in [-0.3, -0.25) is 0 Å². The van der Waals surface area contributed by atoms with Crippen LogP contribution in [0.4, 0.5) is 5.69 Å². The second-order valence-corrected chi connectivity index (χ2v) is 5.77. The van der Waals surface area contributed by atoms with E-state index in [0.29, 0.717) is 11.2 Å². The quantitative estimate of drug-likeness (QED) is 0.434. The summed E-state index contributed by atoms with van der Waals surface area (Å²) in [6, 6.07) is 8.40. The van der Waals surface area contributed by atoms with Gasteiger partial charge in [-0.2, -0.15) is 0 Å². The summed E-state index contributed by atoms with van der Waals surface area (Å²) in [6.45, 7) is 2.40. The number of nitrogen functional groups attached to an aromatic ring is 1. The van der Waals surface area contributed by atoms with Gasteiger partial charge in [0.2, 0.25) is 0 Å². The second kappa shape index (κ2) is 4.53. The molecule has 2 N–H and O–H groups in total. The van der Waals surface area contributed by atoms with Gasteiger partial charge in [-0.25, -0.2) is 0 Å². The fourth-order valence-corrected chi connectivity index (χ4v) is 3.08. The van der Waals surface area contributed by atoms with Gasteiger partial charge in [-0.1, -0.05) is 56.1 Å². The van der Waals surface area contributed by atoms with Gasteiger partial charge in [0.05, 0.1) is 0 Å². The zero-order chi connectivity index (χ0) is 11.6. The highest BCUT2D eigenvalue weighted by Gasteiger charge is 2.32. The Bertz CT molecular complexity index is 360. The lowest BCUT2D eigenvalue weighted by molar-refractivity contribution is 0.459. The van der Waals surface area contributed by atoms with Crippen molar-refractivity contribution in [3.05, 3.63) is 29.8 Å². The van der Waals surface area contributed by atoms with Gasteiger partial charge in [0.15, 0.2) is 0 Å². The smallest absolute Gasteiger partial charge is 0.109 e. The molecule has 2 atom stereocenters. The minimum absolute atomic E-state index is 0.395. The number of hydrogen-bond donors (Lipinski definition) is 1. The second-order valence-electron chi connectivity index (χ2n) is 5.77. The first-order chi connectivity index (χ1) is 7.61. The molecule has 0 heterocycles. The Morgan fingerprint density at radius 3 is 2.75 bits per heavy atom. The van der Waals surface area contributed by atoms with Gasteiger partial charge >= 0.3 is 0 Å². The topological polar surface area (TPSA) is 26.0 Å². The molecule has 0 amide bonds. The van der Waals surface area contributed by atoms with Crippen LogP contribution < -0.4 is 5.73 Å². The monoisotopic (exact) mass is 215 g/mol. The molecule has 0 aromatic heterocycles. The van der Waals surface area contributed by atoms with Crippen LogP contribution in [0, 0.1) is 0 Å². The number of anilines is 1. The van der Waals surface area contributed by atoms with E-state index in [1.54, 1.807) is 0 Å². The SMILES string of the molecule is BC1(C)CCCCCC1c1ccccc1N. The molecule has 1 saturated carbocycles. The van der Waals surface area contributed by atoms with Gasteiger partial charge in [-0.15, -0.1) is 0 Å². The summed E-state index contributed by atoms with van der Waals surface area (Å²) in [4.78, 5) is 0. The Kier molecular flexibility index (Phi) is 3.27. The van der Waals surface area contributed by atoms with Crippen LogP contribution >= 0.6 is 0 Å². The molecule has 2 heteroatoms. The lowest BCUT2D eigenvalue weighted by Gasteiger charge is -2.34. The zero-order valence-corrected chi connectivity index (χ0v) is 10.5. The van der Waals surface area contributed by atoms with Crippen LogP contribution in [-0.2, 0) is 0 Å². The van der Waals surface area contributed by atoms with E-state index in [1.165, 1.54) is 37.7 Å². The van der Waals surface area contributed by atoms with Crippen molar-refractivity contribution in [2.75, 3.05) is 5.73 Å². The van der Waals surface area contributed by atoms with Crippen molar-refractivity contribution in [2.45, 2.75) is 50.3 Å². The van der Waals surface area contributed by atoms with Crippen molar-refractivity contribution in [3.8, 4) is 0 Å². The number of hydrogen-bond acceptors (Lipinski definition) is 1. The van der Waals surface area contributed by atoms with E-state index in [0.717, 1.165) is 5.69 Å². The molecule has 0 bridgehead atoms. The van der Waals surface area contributed by atoms with E-state index < -0.39 is 0 Å². The molecule has 0 spiro atoms. The molecule has 0 radical (unpaired) electrons. The molecule has 1 aliphatic rings. The van der Waals surface area contributed by atoms with E-state index in [2.05, 4.69) is 26.9 Å². The van der Waals surface area contributed by atoms with Crippen LogP contribution in [-0.4, -0.2) is 7.85 Å². The van der Waals surface area contributed by atoms with Crippen molar-refractivity contribution in [3.63, 3.8) is 0 Å². The van der Waals surface area contributed by atoms with Gasteiger partial charge in [0.1, 0.15) is 7.85 Å². The first-order valence-electron chi connectivity index (χ1n) is 6.46. The summed E-state index contributed by atoms with van der Waals surface area (Å²) in [5, 5.41) is 0.395. The highest BCUT2D eigenvalue weighted by molar-refractivity contribution is 6.15. The molecule has 1 aliphatic carbocycles. The molecule has 1 nitrogen and oxygen atoms in total. The van der Waals surface area contributed by atoms with Crippen molar-refractivity contribution in [1.82, 2.24) is 0 Å². The zero-order valence-electron chi connectivity index (χ0n) is 10.5. The van der Waals surface area contributed by atoms with E-state index in [4.69, 9.17) is 5.73 Å². The molecule has 0 saturated heterocycles. The minimum Gasteiger partial charge on any atom is -0.398 e. The standard InChI is InChI=1S/C14H22BN/c1-14(15)10-6-2-3-8-12(14)11-7-4-5-9-13(11)16/h4-5,7,9,12H,2-3,6,8,10,15-16H2,1H3. The Morgan fingerprint density at radius 1 is 1.25 bits per heavy atom. The van der Waals surface area contributed by atoms with Crippen molar-refractivity contribution >= 4 is 13.5 Å². The summed E-state index contributed by atoms with van der Waals surface area (Å²) in [5.74, 6) is 0.635. The van der Waals surface area contributed by atoms with Crippen LogP contribution in [0.25, 0.3) is 0 Å². The number of rotatable bonds is 1. The van der Waals surface area contributed by atoms with Crippen molar-refractivity contribution < 1.29 is 0 Å². The molecular formula is C14H22BN. The molecule has 1 aromatic carbocycles. The van der Waals surface area contributed by atoms with Crippen LogP contribution in [0.1, 0.15) is 50.5 Å². The van der Waals surface area contributed by atoms with Crippen LogP contribution in [0.3, 0.4) is 0 Å². The summed E-state index contributed by atoms with van der Waals surface area (Å²) >= 11 is 0. The predicted octanol–water partition coefficient (Wildman–Crippen LogP) is 3.13. The maximum atomic E-state index is 6.12. The van der Waals surface area contributed by atoms with E-state index in [9.17, 15) is 0 Å². The van der Waals surface area contributed by atoms with Gasteiger partial charge in [-0.05, 0) is 24.0 Å². The Morgan fingerprint density at radius 2 is 2.00 bits per heavy atom.